The standard InChI is InChI=1S/C60H117N2O6P/c1-6-8-10-12-14-16-18-20-22-23-24-25-26-27-28-29-30-31-32-33-34-35-36-37-38-39-40-42-44-46-48-50-52-54-60(64)61-58(57-68-69(65,66)67-56-55-62(3,4)5)59(63)53-51-49-47-45-43-41-21-19-17-15-13-11-9-7-2/h17,19,43,45,51,53,58-59,63H,6-16,18,20-42,44,46-50,52,54-57H2,1-5H3,(H-,61,64,65,66)/b19-17+,45-43+,53-51+. The number of aliphatic hydroxyl groups excluding tert-OH is 1. The number of amides is 1. The Bertz CT molecular complexity index is 1220. The molecule has 0 heterocycles. The second-order valence-corrected chi connectivity index (χ2v) is 23.1. The topological polar surface area (TPSA) is 108 Å². The number of phosphoric acid groups is 1. The molecule has 0 aromatic heterocycles. The van der Waals surface area contributed by atoms with Crippen molar-refractivity contribution in [3.8, 4) is 0 Å². The summed E-state index contributed by atoms with van der Waals surface area (Å²) >= 11 is 0. The summed E-state index contributed by atoms with van der Waals surface area (Å²) in [6, 6.07) is -0.907. The first-order valence-corrected chi connectivity index (χ1v) is 31.3. The third-order valence-corrected chi connectivity index (χ3v) is 14.5. The molecule has 1 amide bonds. The summed E-state index contributed by atoms with van der Waals surface area (Å²) in [5.41, 5.74) is 0. The Kier molecular flexibility index (Phi) is 50.7. The highest BCUT2D eigenvalue weighted by Gasteiger charge is 2.23. The maximum atomic E-state index is 12.9. The molecule has 8 nitrogen and oxygen atoms in total. The SMILES string of the molecule is CCCCCC/C=C/CC/C=C/CC/C=C/C(O)C(COP(=O)([O-])OCC[N+](C)(C)C)NC(=O)CCCCCCCCCCCCCCCCCCCCCCCCCCCCCCCCCCC. The Morgan fingerprint density at radius 3 is 1.17 bits per heavy atom. The van der Waals surface area contributed by atoms with Gasteiger partial charge in [0.2, 0.25) is 5.91 Å². The van der Waals surface area contributed by atoms with E-state index in [9.17, 15) is 19.4 Å². The van der Waals surface area contributed by atoms with E-state index in [1.165, 1.54) is 225 Å². The number of carbonyl (C=O) groups is 1. The molecule has 2 N–H and O–H groups in total. The molecule has 0 radical (unpaired) electrons. The lowest BCUT2D eigenvalue weighted by molar-refractivity contribution is -0.870. The molecular weight excluding hydrogens is 876 g/mol. The second-order valence-electron chi connectivity index (χ2n) is 21.7. The summed E-state index contributed by atoms with van der Waals surface area (Å²) in [5, 5.41) is 13.8. The van der Waals surface area contributed by atoms with Crippen molar-refractivity contribution in [1.29, 1.82) is 0 Å². The number of nitrogens with zero attached hydrogens (tertiary/aromatic N) is 1. The molecule has 0 aliphatic carbocycles. The van der Waals surface area contributed by atoms with Crippen molar-refractivity contribution in [1.82, 2.24) is 5.32 Å². The molecule has 0 fully saturated rings. The van der Waals surface area contributed by atoms with Gasteiger partial charge in [0.15, 0.2) is 0 Å². The van der Waals surface area contributed by atoms with E-state index in [1.54, 1.807) is 6.08 Å². The lowest BCUT2D eigenvalue weighted by atomic mass is 10.0. The highest BCUT2D eigenvalue weighted by Crippen LogP contribution is 2.38. The van der Waals surface area contributed by atoms with Crippen LogP contribution in [0.15, 0.2) is 36.5 Å². The van der Waals surface area contributed by atoms with E-state index in [0.29, 0.717) is 17.4 Å². The molecule has 0 aromatic carbocycles. The predicted octanol–water partition coefficient (Wildman–Crippen LogP) is 17.5. The number of rotatable bonds is 55. The molecule has 0 aromatic rings. The van der Waals surface area contributed by atoms with Gasteiger partial charge in [-0.05, 0) is 44.9 Å². The minimum atomic E-state index is -4.60. The number of likely N-dealkylation sites (N-methyl/N-ethyl adjacent to an activating group) is 1. The number of nitrogens with one attached hydrogen (secondary N) is 1. The molecule has 0 aliphatic heterocycles. The molecular formula is C60H117N2O6P. The zero-order valence-electron chi connectivity index (χ0n) is 46.5. The van der Waals surface area contributed by atoms with Gasteiger partial charge in [-0.15, -0.1) is 0 Å². The second kappa shape index (κ2) is 51.6. The molecule has 3 unspecified atom stereocenters. The molecule has 3 atom stereocenters. The van der Waals surface area contributed by atoms with Crippen molar-refractivity contribution in [3.05, 3.63) is 36.5 Å². The van der Waals surface area contributed by atoms with Crippen LogP contribution in [0.5, 0.6) is 0 Å². The first kappa shape index (κ1) is 67.7. The van der Waals surface area contributed by atoms with Crippen LogP contribution in [0.25, 0.3) is 0 Å². The molecule has 408 valence electrons. The van der Waals surface area contributed by atoms with E-state index in [2.05, 4.69) is 43.5 Å². The molecule has 9 heteroatoms. The maximum Gasteiger partial charge on any atom is 0.268 e. The predicted molar refractivity (Wildman–Crippen MR) is 298 cm³/mol. The zero-order chi connectivity index (χ0) is 50.6. The van der Waals surface area contributed by atoms with Crippen molar-refractivity contribution < 1.29 is 32.9 Å². The fraction of sp³-hybridized carbons (Fsp3) is 0.883. The fourth-order valence-electron chi connectivity index (χ4n) is 8.89. The van der Waals surface area contributed by atoms with Gasteiger partial charge < -0.3 is 28.8 Å². The van der Waals surface area contributed by atoms with Crippen LogP contribution in [0.1, 0.15) is 290 Å². The van der Waals surface area contributed by atoms with Gasteiger partial charge >= 0.3 is 0 Å². The quantitative estimate of drug-likeness (QED) is 0.0272. The molecule has 0 bridgehead atoms. The number of allylic oxidation sites excluding steroid dienone is 5. The van der Waals surface area contributed by atoms with Crippen molar-refractivity contribution in [2.75, 3.05) is 40.9 Å². The van der Waals surface area contributed by atoms with E-state index < -0.39 is 26.6 Å². The minimum Gasteiger partial charge on any atom is -0.756 e. The molecule has 0 saturated carbocycles. The van der Waals surface area contributed by atoms with Gasteiger partial charge in [0, 0.05) is 6.42 Å². The number of aliphatic hydroxyl groups is 1. The van der Waals surface area contributed by atoms with Crippen LogP contribution < -0.4 is 10.2 Å². The highest BCUT2D eigenvalue weighted by atomic mass is 31.2. The van der Waals surface area contributed by atoms with Crippen molar-refractivity contribution in [3.63, 3.8) is 0 Å². The summed E-state index contributed by atoms with van der Waals surface area (Å²) in [6.07, 6.45) is 66.8. The van der Waals surface area contributed by atoms with Gasteiger partial charge in [0.1, 0.15) is 13.2 Å². The normalized spacial score (nSPS) is 14.1. The Morgan fingerprint density at radius 2 is 0.812 bits per heavy atom. The van der Waals surface area contributed by atoms with Gasteiger partial charge in [0.05, 0.1) is 39.9 Å². The van der Waals surface area contributed by atoms with Crippen LogP contribution in [0.3, 0.4) is 0 Å². The first-order valence-electron chi connectivity index (χ1n) is 29.9. The smallest absolute Gasteiger partial charge is 0.268 e. The average Bonchev–Trinajstić information content (AvgIpc) is 3.31. The van der Waals surface area contributed by atoms with Gasteiger partial charge in [-0.25, -0.2) is 0 Å². The Balaban J connectivity index is 4.00. The number of quaternary nitrogens is 1. The maximum absolute atomic E-state index is 12.9. The average molecular weight is 994 g/mol. The lowest BCUT2D eigenvalue weighted by Gasteiger charge is -2.29. The van der Waals surface area contributed by atoms with Crippen LogP contribution >= 0.6 is 7.82 Å². The third-order valence-electron chi connectivity index (χ3n) is 13.6. The largest absolute Gasteiger partial charge is 0.756 e. The van der Waals surface area contributed by atoms with Gasteiger partial charge in [0.25, 0.3) is 7.82 Å². The number of hydrogen-bond donors (Lipinski definition) is 2. The number of hydrogen-bond acceptors (Lipinski definition) is 6. The first-order chi connectivity index (χ1) is 33.5. The van der Waals surface area contributed by atoms with Crippen LogP contribution in [0, 0.1) is 0 Å². The summed E-state index contributed by atoms with van der Waals surface area (Å²) in [4.78, 5) is 25.4. The van der Waals surface area contributed by atoms with E-state index in [-0.39, 0.29) is 12.5 Å². The van der Waals surface area contributed by atoms with Gasteiger partial charge in [-0.3, -0.25) is 9.36 Å². The van der Waals surface area contributed by atoms with Crippen molar-refractivity contribution in [2.45, 2.75) is 302 Å². The van der Waals surface area contributed by atoms with Crippen LogP contribution in [-0.4, -0.2) is 68.5 Å². The minimum absolute atomic E-state index is 0.00760. The summed E-state index contributed by atoms with van der Waals surface area (Å²) in [5.74, 6) is -0.207. The molecule has 0 saturated heterocycles. The molecule has 0 rings (SSSR count). The van der Waals surface area contributed by atoms with Crippen LogP contribution in [-0.2, 0) is 18.4 Å². The van der Waals surface area contributed by atoms with E-state index >= 15 is 0 Å². The Hall–Kier alpha value is -1.28. The van der Waals surface area contributed by atoms with E-state index in [4.69, 9.17) is 9.05 Å². The van der Waals surface area contributed by atoms with Crippen molar-refractivity contribution in [2.24, 2.45) is 0 Å². The van der Waals surface area contributed by atoms with Gasteiger partial charge in [-0.1, -0.05) is 275 Å². The Labute approximate surface area is 429 Å². The highest BCUT2D eigenvalue weighted by molar-refractivity contribution is 7.45. The molecule has 0 aliphatic rings. The summed E-state index contributed by atoms with van der Waals surface area (Å²) in [6.45, 7) is 4.63. The van der Waals surface area contributed by atoms with E-state index in [0.717, 1.165) is 44.9 Å². The summed E-state index contributed by atoms with van der Waals surface area (Å²) in [7, 11) is 1.24. The molecule has 69 heavy (non-hydrogen) atoms. The zero-order valence-corrected chi connectivity index (χ0v) is 47.4. The Morgan fingerprint density at radius 1 is 0.493 bits per heavy atom. The van der Waals surface area contributed by atoms with Crippen LogP contribution in [0.4, 0.5) is 0 Å². The lowest BCUT2D eigenvalue weighted by Crippen LogP contribution is -2.45. The number of unbranched alkanes of at least 4 members (excludes halogenated alkanes) is 38. The monoisotopic (exact) mass is 993 g/mol. The van der Waals surface area contributed by atoms with Gasteiger partial charge in [-0.2, -0.15) is 0 Å². The van der Waals surface area contributed by atoms with Crippen LogP contribution in [0.2, 0.25) is 0 Å². The summed E-state index contributed by atoms with van der Waals surface area (Å²) < 4.78 is 23.3. The van der Waals surface area contributed by atoms with Crippen molar-refractivity contribution >= 4 is 13.7 Å². The number of phosphoric ester groups is 1. The third kappa shape index (κ3) is 54.3. The fourth-order valence-corrected chi connectivity index (χ4v) is 9.62. The van der Waals surface area contributed by atoms with E-state index in [1.807, 2.05) is 27.2 Å². The number of carbonyl (C=O) groups excluding carboxylic acids is 1. The molecule has 0 spiro atoms.